The number of amides is 1. The molecule has 4 nitrogen and oxygen atoms in total. The smallest absolute Gasteiger partial charge is 0.237 e. The summed E-state index contributed by atoms with van der Waals surface area (Å²) in [6.07, 6.45) is 7.34. The molecule has 2 fully saturated rings. The van der Waals surface area contributed by atoms with Crippen LogP contribution in [0.15, 0.2) is 24.3 Å². The van der Waals surface area contributed by atoms with E-state index >= 15 is 0 Å². The first-order valence-electron chi connectivity index (χ1n) is 9.12. The third-order valence-corrected chi connectivity index (χ3v) is 4.97. The molecule has 0 bridgehead atoms. The van der Waals surface area contributed by atoms with Crippen LogP contribution in [-0.4, -0.2) is 36.5 Å². The van der Waals surface area contributed by atoms with Crippen LogP contribution < -0.4 is 10.6 Å². The molecule has 0 saturated carbocycles. The van der Waals surface area contributed by atoms with Crippen LogP contribution >= 0.6 is 24.8 Å². The molecule has 142 valence electrons. The monoisotopic (exact) mass is 387 g/mol. The van der Waals surface area contributed by atoms with E-state index in [4.69, 9.17) is 0 Å². The molecule has 1 aromatic rings. The summed E-state index contributed by atoms with van der Waals surface area (Å²) < 4.78 is 0. The third-order valence-electron chi connectivity index (χ3n) is 4.97. The molecule has 2 aliphatic rings. The Labute approximate surface area is 163 Å². The van der Waals surface area contributed by atoms with Gasteiger partial charge in [0.1, 0.15) is 0 Å². The first kappa shape index (κ1) is 22.2. The Balaban J connectivity index is 0.00000156. The summed E-state index contributed by atoms with van der Waals surface area (Å²) in [5.41, 5.74) is 2.55. The van der Waals surface area contributed by atoms with Gasteiger partial charge in [-0.3, -0.25) is 9.69 Å². The number of halogens is 2. The highest BCUT2D eigenvalue weighted by Crippen LogP contribution is 2.14. The Morgan fingerprint density at radius 1 is 1.00 bits per heavy atom. The van der Waals surface area contributed by atoms with Crippen molar-refractivity contribution in [2.45, 2.75) is 57.7 Å². The maximum absolute atomic E-state index is 12.1. The van der Waals surface area contributed by atoms with Gasteiger partial charge in [-0.15, -0.1) is 24.8 Å². The second-order valence-corrected chi connectivity index (χ2v) is 6.87. The van der Waals surface area contributed by atoms with Crippen LogP contribution in [0.1, 0.15) is 49.7 Å². The van der Waals surface area contributed by atoms with E-state index in [-0.39, 0.29) is 36.8 Å². The van der Waals surface area contributed by atoms with Gasteiger partial charge in [-0.1, -0.05) is 37.1 Å². The van der Waals surface area contributed by atoms with Crippen molar-refractivity contribution >= 4 is 30.7 Å². The van der Waals surface area contributed by atoms with Crippen LogP contribution in [0.3, 0.4) is 0 Å². The van der Waals surface area contributed by atoms with Crippen LogP contribution in [0.25, 0.3) is 0 Å². The summed E-state index contributed by atoms with van der Waals surface area (Å²) in [7, 11) is 0. The van der Waals surface area contributed by atoms with E-state index in [9.17, 15) is 4.79 Å². The maximum atomic E-state index is 12.1. The number of hydrogen-bond donors (Lipinski definition) is 2. The Kier molecular flexibility index (Phi) is 10.4. The minimum Gasteiger partial charge on any atom is -0.351 e. The predicted octanol–water partition coefficient (Wildman–Crippen LogP) is 3.27. The minimum absolute atomic E-state index is 0. The Bertz CT molecular complexity index is 498. The quantitative estimate of drug-likeness (QED) is 0.814. The molecule has 3 rings (SSSR count). The van der Waals surface area contributed by atoms with Gasteiger partial charge in [-0.2, -0.15) is 0 Å². The fourth-order valence-corrected chi connectivity index (χ4v) is 3.53. The van der Waals surface area contributed by atoms with Crippen molar-refractivity contribution in [3.05, 3.63) is 35.4 Å². The summed E-state index contributed by atoms with van der Waals surface area (Å²) in [5, 5.41) is 6.35. The highest BCUT2D eigenvalue weighted by molar-refractivity contribution is 5.85. The largest absolute Gasteiger partial charge is 0.351 e. The van der Waals surface area contributed by atoms with Gasteiger partial charge in [0.2, 0.25) is 5.91 Å². The summed E-state index contributed by atoms with van der Waals surface area (Å²) in [6.45, 7) is 5.10. The molecule has 0 aromatic heterocycles. The van der Waals surface area contributed by atoms with Crippen molar-refractivity contribution in [1.29, 1.82) is 0 Å². The summed E-state index contributed by atoms with van der Waals surface area (Å²) in [6, 6.07) is 8.70. The lowest BCUT2D eigenvalue weighted by atomic mass is 10.0. The maximum Gasteiger partial charge on any atom is 0.237 e. The van der Waals surface area contributed by atoms with Gasteiger partial charge in [0, 0.05) is 13.1 Å². The van der Waals surface area contributed by atoms with Gasteiger partial charge in [0.25, 0.3) is 0 Å². The first-order chi connectivity index (χ1) is 11.3. The zero-order chi connectivity index (χ0) is 15.9. The molecule has 2 aliphatic heterocycles. The van der Waals surface area contributed by atoms with Crippen LogP contribution in [0.4, 0.5) is 0 Å². The molecule has 2 heterocycles. The number of likely N-dealkylation sites (tertiary alicyclic amines) is 1. The van der Waals surface area contributed by atoms with Crippen molar-refractivity contribution in [1.82, 2.24) is 15.5 Å². The molecule has 6 heteroatoms. The normalized spacial score (nSPS) is 20.9. The molecule has 0 radical (unpaired) electrons. The van der Waals surface area contributed by atoms with Crippen LogP contribution in [0.5, 0.6) is 0 Å². The molecular weight excluding hydrogens is 357 g/mol. The SMILES string of the molecule is Cl.Cl.O=C(NCc1ccc(CN2CCCCC2)cc1)C1CCCCN1. The number of carbonyl (C=O) groups excluding carboxylic acids is 1. The molecule has 25 heavy (non-hydrogen) atoms. The number of piperidine rings is 2. The topological polar surface area (TPSA) is 44.4 Å². The molecule has 1 amide bonds. The zero-order valence-electron chi connectivity index (χ0n) is 14.8. The molecule has 1 aromatic carbocycles. The van der Waals surface area contributed by atoms with E-state index in [1.165, 1.54) is 49.9 Å². The number of nitrogens with zero attached hydrogens (tertiary/aromatic N) is 1. The van der Waals surface area contributed by atoms with E-state index in [2.05, 4.69) is 39.8 Å². The fraction of sp³-hybridized carbons (Fsp3) is 0.632. The van der Waals surface area contributed by atoms with Crippen molar-refractivity contribution < 1.29 is 4.79 Å². The summed E-state index contributed by atoms with van der Waals surface area (Å²) in [4.78, 5) is 14.7. The van der Waals surface area contributed by atoms with Gasteiger partial charge in [-0.05, 0) is 56.4 Å². The van der Waals surface area contributed by atoms with E-state index in [1.807, 2.05) is 0 Å². The summed E-state index contributed by atoms with van der Waals surface area (Å²) in [5.74, 6) is 0.141. The highest BCUT2D eigenvalue weighted by atomic mass is 35.5. The van der Waals surface area contributed by atoms with Gasteiger partial charge < -0.3 is 10.6 Å². The highest BCUT2D eigenvalue weighted by Gasteiger charge is 2.19. The number of rotatable bonds is 5. The Morgan fingerprint density at radius 2 is 1.68 bits per heavy atom. The second kappa shape index (κ2) is 11.7. The van der Waals surface area contributed by atoms with Gasteiger partial charge >= 0.3 is 0 Å². The summed E-state index contributed by atoms with van der Waals surface area (Å²) >= 11 is 0. The van der Waals surface area contributed by atoms with E-state index in [0.717, 1.165) is 25.9 Å². The van der Waals surface area contributed by atoms with Crippen LogP contribution in [-0.2, 0) is 17.9 Å². The average molecular weight is 388 g/mol. The Morgan fingerprint density at radius 3 is 2.32 bits per heavy atom. The van der Waals surface area contributed by atoms with Gasteiger partial charge in [-0.25, -0.2) is 0 Å². The van der Waals surface area contributed by atoms with E-state index < -0.39 is 0 Å². The van der Waals surface area contributed by atoms with Crippen molar-refractivity contribution in [3.63, 3.8) is 0 Å². The first-order valence-corrected chi connectivity index (χ1v) is 9.12. The third kappa shape index (κ3) is 7.14. The van der Waals surface area contributed by atoms with Gasteiger partial charge in [0.15, 0.2) is 0 Å². The molecule has 2 saturated heterocycles. The number of benzene rings is 1. The van der Waals surface area contributed by atoms with Crippen LogP contribution in [0.2, 0.25) is 0 Å². The van der Waals surface area contributed by atoms with Crippen molar-refractivity contribution in [3.8, 4) is 0 Å². The predicted molar refractivity (Wildman–Crippen MR) is 108 cm³/mol. The number of nitrogens with one attached hydrogen (secondary N) is 2. The molecule has 2 N–H and O–H groups in total. The van der Waals surface area contributed by atoms with Crippen molar-refractivity contribution in [2.75, 3.05) is 19.6 Å². The second-order valence-electron chi connectivity index (χ2n) is 6.87. The number of hydrogen-bond acceptors (Lipinski definition) is 3. The number of carbonyl (C=O) groups is 1. The lowest BCUT2D eigenvalue weighted by Gasteiger charge is -2.26. The molecule has 1 unspecified atom stereocenters. The molecular formula is C19H31Cl2N3O. The lowest BCUT2D eigenvalue weighted by molar-refractivity contribution is -0.123. The Hall–Kier alpha value is -0.810. The standard InChI is InChI=1S/C19H29N3O.2ClH/c23-19(18-6-2-3-11-20-18)21-14-16-7-9-17(10-8-16)15-22-12-4-1-5-13-22;;/h7-10,18,20H,1-6,11-15H2,(H,21,23);2*1H. The van der Waals surface area contributed by atoms with Crippen LogP contribution in [0, 0.1) is 0 Å². The van der Waals surface area contributed by atoms with E-state index in [0.29, 0.717) is 6.54 Å². The molecule has 0 aliphatic carbocycles. The molecule has 0 spiro atoms. The van der Waals surface area contributed by atoms with Gasteiger partial charge in [0.05, 0.1) is 6.04 Å². The minimum atomic E-state index is 0. The average Bonchev–Trinajstić information content (AvgIpc) is 2.62. The fourth-order valence-electron chi connectivity index (χ4n) is 3.53. The van der Waals surface area contributed by atoms with E-state index in [1.54, 1.807) is 0 Å². The lowest BCUT2D eigenvalue weighted by Crippen LogP contribution is -2.46. The zero-order valence-corrected chi connectivity index (χ0v) is 16.5. The molecule has 1 atom stereocenters. The van der Waals surface area contributed by atoms with Crippen molar-refractivity contribution in [2.24, 2.45) is 0 Å².